The number of hydrogen-bond acceptors (Lipinski definition) is 2. The molecule has 2 nitrogen and oxygen atoms in total. The molecule has 0 amide bonds. The molecule has 0 aromatic rings. The van der Waals surface area contributed by atoms with E-state index in [9.17, 15) is 0 Å². The molecule has 0 atom stereocenters. The molecule has 0 bridgehead atoms. The standard InChI is InChI=1S/C11H20N2/c1-12(2)10-8-6-5-7-9-11-13(3)4/h5-10H,11H2,1-4H3/b6-5+,9-7+,10-8+. The fourth-order valence-corrected chi connectivity index (χ4v) is 0.700. The Morgan fingerprint density at radius 1 is 0.846 bits per heavy atom. The molecular formula is C11H20N2. The van der Waals surface area contributed by atoms with Gasteiger partial charge in [-0.15, -0.1) is 0 Å². The van der Waals surface area contributed by atoms with Crippen LogP contribution in [0.3, 0.4) is 0 Å². The number of allylic oxidation sites excluding steroid dienone is 4. The van der Waals surface area contributed by atoms with Crippen molar-refractivity contribution in [1.82, 2.24) is 9.80 Å². The number of hydrogen-bond donors (Lipinski definition) is 0. The van der Waals surface area contributed by atoms with E-state index in [0.717, 1.165) is 6.54 Å². The monoisotopic (exact) mass is 180 g/mol. The van der Waals surface area contributed by atoms with Crippen molar-refractivity contribution < 1.29 is 0 Å². The van der Waals surface area contributed by atoms with Gasteiger partial charge in [-0.25, -0.2) is 0 Å². The molecule has 0 rings (SSSR count). The average Bonchev–Trinajstić information content (AvgIpc) is 2.01. The van der Waals surface area contributed by atoms with Crippen molar-refractivity contribution in [3.05, 3.63) is 36.6 Å². The normalized spacial score (nSPS) is 12.7. The minimum atomic E-state index is 0.988. The first kappa shape index (κ1) is 12.0. The Kier molecular flexibility index (Phi) is 7.02. The van der Waals surface area contributed by atoms with Crippen LogP contribution in [0.25, 0.3) is 0 Å². The van der Waals surface area contributed by atoms with E-state index in [-0.39, 0.29) is 0 Å². The van der Waals surface area contributed by atoms with E-state index < -0.39 is 0 Å². The Morgan fingerprint density at radius 2 is 1.46 bits per heavy atom. The second kappa shape index (κ2) is 7.62. The zero-order valence-corrected chi connectivity index (χ0v) is 9.07. The lowest BCUT2D eigenvalue weighted by Gasteiger charge is -2.02. The Bertz CT molecular complexity index is 188. The van der Waals surface area contributed by atoms with Gasteiger partial charge >= 0.3 is 0 Å². The summed E-state index contributed by atoms with van der Waals surface area (Å²) in [5.41, 5.74) is 0. The van der Waals surface area contributed by atoms with Crippen LogP contribution in [0.5, 0.6) is 0 Å². The van der Waals surface area contributed by atoms with Gasteiger partial charge in [0, 0.05) is 20.6 Å². The number of nitrogens with zero attached hydrogens (tertiary/aromatic N) is 2. The first-order valence-electron chi connectivity index (χ1n) is 4.44. The van der Waals surface area contributed by atoms with Gasteiger partial charge in [0.1, 0.15) is 0 Å². The molecule has 0 saturated heterocycles. The molecule has 0 saturated carbocycles. The van der Waals surface area contributed by atoms with Gasteiger partial charge in [0.2, 0.25) is 0 Å². The highest BCUT2D eigenvalue weighted by Gasteiger charge is 1.78. The first-order chi connectivity index (χ1) is 6.13. The topological polar surface area (TPSA) is 6.48 Å². The summed E-state index contributed by atoms with van der Waals surface area (Å²) < 4.78 is 0. The van der Waals surface area contributed by atoms with Crippen molar-refractivity contribution >= 4 is 0 Å². The van der Waals surface area contributed by atoms with E-state index in [1.807, 2.05) is 43.4 Å². The summed E-state index contributed by atoms with van der Waals surface area (Å²) in [5.74, 6) is 0. The van der Waals surface area contributed by atoms with Gasteiger partial charge in [0.05, 0.1) is 0 Å². The summed E-state index contributed by atoms with van der Waals surface area (Å²) >= 11 is 0. The lowest BCUT2D eigenvalue weighted by atomic mass is 10.4. The van der Waals surface area contributed by atoms with Crippen molar-refractivity contribution in [2.45, 2.75) is 0 Å². The predicted octanol–water partition coefficient (Wildman–Crippen LogP) is 1.74. The minimum Gasteiger partial charge on any atom is -0.383 e. The summed E-state index contributed by atoms with van der Waals surface area (Å²) in [7, 11) is 8.12. The third-order valence-electron chi connectivity index (χ3n) is 1.32. The maximum Gasteiger partial charge on any atom is 0.0160 e. The molecule has 74 valence electrons. The number of rotatable bonds is 5. The van der Waals surface area contributed by atoms with E-state index in [1.165, 1.54) is 0 Å². The summed E-state index contributed by atoms with van der Waals surface area (Å²) in [6, 6.07) is 0. The van der Waals surface area contributed by atoms with Crippen LogP contribution < -0.4 is 0 Å². The molecule has 0 unspecified atom stereocenters. The fourth-order valence-electron chi connectivity index (χ4n) is 0.700. The van der Waals surface area contributed by atoms with E-state index in [4.69, 9.17) is 0 Å². The van der Waals surface area contributed by atoms with Crippen LogP contribution in [0, 0.1) is 0 Å². The van der Waals surface area contributed by atoms with Crippen molar-refractivity contribution in [3.63, 3.8) is 0 Å². The maximum atomic E-state index is 2.12. The second-order valence-corrected chi connectivity index (χ2v) is 3.38. The van der Waals surface area contributed by atoms with Gasteiger partial charge < -0.3 is 9.80 Å². The van der Waals surface area contributed by atoms with Gasteiger partial charge in [-0.2, -0.15) is 0 Å². The van der Waals surface area contributed by atoms with Crippen molar-refractivity contribution in [3.8, 4) is 0 Å². The van der Waals surface area contributed by atoms with E-state index in [1.54, 1.807) is 0 Å². The molecule has 0 N–H and O–H groups in total. The van der Waals surface area contributed by atoms with Crippen molar-refractivity contribution in [1.29, 1.82) is 0 Å². The van der Waals surface area contributed by atoms with E-state index in [0.29, 0.717) is 0 Å². The molecule has 0 aliphatic rings. The summed E-state index contributed by atoms with van der Waals surface area (Å²) in [5, 5.41) is 0. The van der Waals surface area contributed by atoms with Crippen molar-refractivity contribution in [2.24, 2.45) is 0 Å². The molecule has 13 heavy (non-hydrogen) atoms. The van der Waals surface area contributed by atoms with Gasteiger partial charge in [-0.1, -0.05) is 24.3 Å². The molecule has 0 aliphatic heterocycles. The molecule has 0 spiro atoms. The van der Waals surface area contributed by atoms with Crippen LogP contribution in [0.1, 0.15) is 0 Å². The maximum absolute atomic E-state index is 2.12. The van der Waals surface area contributed by atoms with Crippen LogP contribution in [-0.2, 0) is 0 Å². The molecule has 0 radical (unpaired) electrons. The molecule has 0 aromatic carbocycles. The lowest BCUT2D eigenvalue weighted by molar-refractivity contribution is 0.456. The van der Waals surface area contributed by atoms with Gasteiger partial charge in [0.15, 0.2) is 0 Å². The molecule has 0 fully saturated rings. The number of likely N-dealkylation sites (N-methyl/N-ethyl adjacent to an activating group) is 1. The third kappa shape index (κ3) is 11.0. The van der Waals surface area contributed by atoms with Gasteiger partial charge in [0.25, 0.3) is 0 Å². The molecule has 0 heterocycles. The second-order valence-electron chi connectivity index (χ2n) is 3.38. The Hall–Kier alpha value is -1.02. The highest BCUT2D eigenvalue weighted by molar-refractivity contribution is 5.10. The quantitative estimate of drug-likeness (QED) is 0.595. The van der Waals surface area contributed by atoms with Crippen LogP contribution in [0.2, 0.25) is 0 Å². The lowest BCUT2D eigenvalue weighted by Crippen LogP contribution is -2.10. The smallest absolute Gasteiger partial charge is 0.0160 e. The molecule has 2 heteroatoms. The summed E-state index contributed by atoms with van der Waals surface area (Å²) in [4.78, 5) is 4.13. The van der Waals surface area contributed by atoms with Gasteiger partial charge in [-0.05, 0) is 26.4 Å². The molecule has 0 aliphatic carbocycles. The highest BCUT2D eigenvalue weighted by atomic mass is 15.0. The molecular weight excluding hydrogens is 160 g/mol. The minimum absolute atomic E-state index is 0.988. The zero-order chi connectivity index (χ0) is 10.1. The van der Waals surface area contributed by atoms with Crippen molar-refractivity contribution in [2.75, 3.05) is 34.7 Å². The fraction of sp³-hybridized carbons (Fsp3) is 0.455. The average molecular weight is 180 g/mol. The third-order valence-corrected chi connectivity index (χ3v) is 1.32. The SMILES string of the molecule is CN(C)/C=C/C=C/C=C/CN(C)C. The van der Waals surface area contributed by atoms with Crippen LogP contribution in [0.4, 0.5) is 0 Å². The van der Waals surface area contributed by atoms with E-state index in [2.05, 4.69) is 31.1 Å². The summed E-state index contributed by atoms with van der Waals surface area (Å²) in [6.07, 6.45) is 12.3. The van der Waals surface area contributed by atoms with Crippen LogP contribution in [0.15, 0.2) is 36.6 Å². The Labute approximate surface area is 81.8 Å². The first-order valence-corrected chi connectivity index (χ1v) is 4.44. The van der Waals surface area contributed by atoms with E-state index >= 15 is 0 Å². The Balaban J connectivity index is 3.57. The molecule has 0 aromatic heterocycles. The highest BCUT2D eigenvalue weighted by Crippen LogP contribution is 1.83. The summed E-state index contributed by atoms with van der Waals surface area (Å²) in [6.45, 7) is 0.988. The van der Waals surface area contributed by atoms with Crippen LogP contribution >= 0.6 is 0 Å². The largest absolute Gasteiger partial charge is 0.383 e. The zero-order valence-electron chi connectivity index (χ0n) is 9.07. The predicted molar refractivity (Wildman–Crippen MR) is 59.7 cm³/mol. The Morgan fingerprint density at radius 3 is 2.00 bits per heavy atom. The van der Waals surface area contributed by atoms with Gasteiger partial charge in [-0.3, -0.25) is 0 Å². The van der Waals surface area contributed by atoms with Crippen LogP contribution in [-0.4, -0.2) is 44.5 Å².